The maximum Gasteiger partial charge on any atom is 0.269 e. The van der Waals surface area contributed by atoms with E-state index in [2.05, 4.69) is 21.2 Å². The van der Waals surface area contributed by atoms with Gasteiger partial charge in [-0.1, -0.05) is 11.6 Å². The van der Waals surface area contributed by atoms with Crippen molar-refractivity contribution < 1.29 is 14.4 Å². The molecule has 8 heteroatoms. The molecule has 0 spiro atoms. The molecule has 3 aromatic carbocycles. The standard InChI is InChI=1S/C22H20BrClN2O4/c1-2-29-21-12-16(13-25-18-7-5-17(24)6-8-18)11-20(23)22(21)30-14-15-3-9-19(10-4-15)26(27)28/h3-12,25H,2,13-14H2,1H3. The summed E-state index contributed by atoms with van der Waals surface area (Å²) < 4.78 is 12.5. The summed E-state index contributed by atoms with van der Waals surface area (Å²) in [6.45, 7) is 3.27. The summed E-state index contributed by atoms with van der Waals surface area (Å²) in [5, 5.41) is 14.8. The van der Waals surface area contributed by atoms with Crippen LogP contribution in [0.5, 0.6) is 11.5 Å². The van der Waals surface area contributed by atoms with Crippen molar-refractivity contribution in [1.82, 2.24) is 0 Å². The number of anilines is 1. The van der Waals surface area contributed by atoms with Gasteiger partial charge in [0.05, 0.1) is 16.0 Å². The van der Waals surface area contributed by atoms with Gasteiger partial charge in [-0.25, -0.2) is 0 Å². The largest absolute Gasteiger partial charge is 0.490 e. The average Bonchev–Trinajstić information content (AvgIpc) is 2.73. The van der Waals surface area contributed by atoms with E-state index in [0.29, 0.717) is 29.7 Å². The van der Waals surface area contributed by atoms with Crippen LogP contribution in [0.1, 0.15) is 18.1 Å². The SMILES string of the molecule is CCOc1cc(CNc2ccc(Cl)cc2)cc(Br)c1OCc1ccc([N+](=O)[O-])cc1. The third-order valence-electron chi connectivity index (χ3n) is 4.24. The maximum atomic E-state index is 10.8. The zero-order valence-corrected chi connectivity index (χ0v) is 18.6. The highest BCUT2D eigenvalue weighted by molar-refractivity contribution is 9.10. The van der Waals surface area contributed by atoms with Crippen LogP contribution in [-0.2, 0) is 13.2 Å². The molecule has 0 aromatic heterocycles. The Hall–Kier alpha value is -2.77. The molecule has 0 aliphatic heterocycles. The van der Waals surface area contributed by atoms with Gasteiger partial charge in [-0.15, -0.1) is 0 Å². The molecule has 6 nitrogen and oxygen atoms in total. The highest BCUT2D eigenvalue weighted by Crippen LogP contribution is 2.37. The predicted octanol–water partition coefficient (Wildman–Crippen LogP) is 6.60. The Balaban J connectivity index is 1.72. The second kappa shape index (κ2) is 10.3. The van der Waals surface area contributed by atoms with Crippen molar-refractivity contribution in [2.24, 2.45) is 0 Å². The zero-order chi connectivity index (χ0) is 21.5. The van der Waals surface area contributed by atoms with Crippen molar-refractivity contribution >= 4 is 38.9 Å². The first-order valence-electron chi connectivity index (χ1n) is 9.27. The summed E-state index contributed by atoms with van der Waals surface area (Å²) in [5.74, 6) is 1.21. The van der Waals surface area contributed by atoms with E-state index >= 15 is 0 Å². The summed E-state index contributed by atoms with van der Waals surface area (Å²) in [4.78, 5) is 10.4. The number of halogens is 2. The Kier molecular flexibility index (Phi) is 7.54. The second-order valence-electron chi connectivity index (χ2n) is 6.41. The quantitative estimate of drug-likeness (QED) is 0.270. The summed E-state index contributed by atoms with van der Waals surface area (Å²) in [6.07, 6.45) is 0. The van der Waals surface area contributed by atoms with Gasteiger partial charge in [0.25, 0.3) is 5.69 Å². The number of nitrogens with one attached hydrogen (secondary N) is 1. The monoisotopic (exact) mass is 490 g/mol. The fourth-order valence-corrected chi connectivity index (χ4v) is 3.50. The Morgan fingerprint density at radius 2 is 1.73 bits per heavy atom. The lowest BCUT2D eigenvalue weighted by molar-refractivity contribution is -0.384. The molecule has 0 amide bonds. The molecule has 3 rings (SSSR count). The molecule has 0 saturated heterocycles. The molecule has 0 atom stereocenters. The third-order valence-corrected chi connectivity index (χ3v) is 5.08. The number of nitro benzene ring substituents is 1. The van der Waals surface area contributed by atoms with Crippen molar-refractivity contribution in [2.75, 3.05) is 11.9 Å². The average molecular weight is 492 g/mol. The van der Waals surface area contributed by atoms with Gasteiger partial charge >= 0.3 is 0 Å². The summed E-state index contributed by atoms with van der Waals surface area (Å²) in [5.41, 5.74) is 2.85. The first-order chi connectivity index (χ1) is 14.5. The summed E-state index contributed by atoms with van der Waals surface area (Å²) in [6, 6.07) is 17.7. The Bertz CT molecular complexity index is 1010. The topological polar surface area (TPSA) is 73.6 Å². The number of non-ortho nitro benzene ring substituents is 1. The van der Waals surface area contributed by atoms with E-state index in [4.69, 9.17) is 21.1 Å². The number of benzene rings is 3. The van der Waals surface area contributed by atoms with Gasteiger partial charge in [-0.2, -0.15) is 0 Å². The molecule has 0 heterocycles. The van der Waals surface area contributed by atoms with Crippen LogP contribution in [0.4, 0.5) is 11.4 Å². The molecule has 3 aromatic rings. The molecular weight excluding hydrogens is 472 g/mol. The molecule has 0 aliphatic rings. The minimum atomic E-state index is -0.425. The minimum absolute atomic E-state index is 0.0486. The van der Waals surface area contributed by atoms with Crippen molar-refractivity contribution in [1.29, 1.82) is 0 Å². The van der Waals surface area contributed by atoms with Crippen LogP contribution in [0.25, 0.3) is 0 Å². The van der Waals surface area contributed by atoms with Gasteiger partial charge in [0.1, 0.15) is 6.61 Å². The number of ether oxygens (including phenoxy) is 2. The molecular formula is C22H20BrClN2O4. The molecule has 0 radical (unpaired) electrons. The molecule has 0 bridgehead atoms. The first-order valence-corrected chi connectivity index (χ1v) is 10.4. The van der Waals surface area contributed by atoms with Crippen molar-refractivity contribution in [3.05, 3.63) is 91.4 Å². The highest BCUT2D eigenvalue weighted by atomic mass is 79.9. The van der Waals surface area contributed by atoms with Crippen LogP contribution in [-0.4, -0.2) is 11.5 Å². The van der Waals surface area contributed by atoms with E-state index in [-0.39, 0.29) is 12.3 Å². The summed E-state index contributed by atoms with van der Waals surface area (Å²) in [7, 11) is 0. The Morgan fingerprint density at radius 3 is 2.37 bits per heavy atom. The van der Waals surface area contributed by atoms with E-state index in [1.165, 1.54) is 12.1 Å². The number of nitro groups is 1. The lowest BCUT2D eigenvalue weighted by Gasteiger charge is -2.16. The van der Waals surface area contributed by atoms with E-state index in [9.17, 15) is 10.1 Å². The van der Waals surface area contributed by atoms with Gasteiger partial charge in [0, 0.05) is 29.4 Å². The second-order valence-corrected chi connectivity index (χ2v) is 7.70. The molecule has 156 valence electrons. The lowest BCUT2D eigenvalue weighted by atomic mass is 10.2. The Morgan fingerprint density at radius 1 is 1.03 bits per heavy atom. The van der Waals surface area contributed by atoms with Crippen molar-refractivity contribution in [3.63, 3.8) is 0 Å². The fourth-order valence-electron chi connectivity index (χ4n) is 2.77. The van der Waals surface area contributed by atoms with E-state index < -0.39 is 4.92 Å². The van der Waals surface area contributed by atoms with Crippen LogP contribution in [0.2, 0.25) is 5.02 Å². The minimum Gasteiger partial charge on any atom is -0.490 e. The van der Waals surface area contributed by atoms with E-state index in [0.717, 1.165) is 21.3 Å². The summed E-state index contributed by atoms with van der Waals surface area (Å²) >= 11 is 9.49. The third kappa shape index (κ3) is 5.87. The van der Waals surface area contributed by atoms with Gasteiger partial charge in [0.15, 0.2) is 11.5 Å². The Labute approximate surface area is 188 Å². The van der Waals surface area contributed by atoms with Crippen LogP contribution in [0, 0.1) is 10.1 Å². The van der Waals surface area contributed by atoms with Gasteiger partial charge in [-0.05, 0) is 82.5 Å². The van der Waals surface area contributed by atoms with Gasteiger partial charge in [-0.3, -0.25) is 10.1 Å². The number of nitrogens with zero attached hydrogens (tertiary/aromatic N) is 1. The highest BCUT2D eigenvalue weighted by Gasteiger charge is 2.13. The molecule has 0 unspecified atom stereocenters. The lowest BCUT2D eigenvalue weighted by Crippen LogP contribution is -2.04. The maximum absolute atomic E-state index is 10.8. The smallest absolute Gasteiger partial charge is 0.269 e. The van der Waals surface area contributed by atoms with Crippen LogP contribution in [0.15, 0.2) is 65.1 Å². The number of rotatable bonds is 9. The van der Waals surface area contributed by atoms with Crippen LogP contribution in [0.3, 0.4) is 0 Å². The molecule has 0 saturated carbocycles. The van der Waals surface area contributed by atoms with Crippen LogP contribution < -0.4 is 14.8 Å². The zero-order valence-electron chi connectivity index (χ0n) is 16.2. The van der Waals surface area contributed by atoms with Gasteiger partial charge in [0.2, 0.25) is 0 Å². The number of hydrogen-bond acceptors (Lipinski definition) is 5. The molecule has 0 fully saturated rings. The molecule has 0 aliphatic carbocycles. The number of hydrogen-bond donors (Lipinski definition) is 1. The van der Waals surface area contributed by atoms with E-state index in [1.54, 1.807) is 12.1 Å². The molecule has 1 N–H and O–H groups in total. The van der Waals surface area contributed by atoms with Crippen LogP contribution >= 0.6 is 27.5 Å². The first kappa shape index (κ1) is 21.9. The normalized spacial score (nSPS) is 10.5. The predicted molar refractivity (Wildman–Crippen MR) is 122 cm³/mol. The molecule has 30 heavy (non-hydrogen) atoms. The van der Waals surface area contributed by atoms with Gasteiger partial charge < -0.3 is 14.8 Å². The van der Waals surface area contributed by atoms with Crippen molar-refractivity contribution in [2.45, 2.75) is 20.1 Å². The fraction of sp³-hybridized carbons (Fsp3) is 0.182. The van der Waals surface area contributed by atoms with Crippen molar-refractivity contribution in [3.8, 4) is 11.5 Å². The van der Waals surface area contributed by atoms with E-state index in [1.807, 2.05) is 43.3 Å².